The van der Waals surface area contributed by atoms with Crippen molar-refractivity contribution in [1.29, 1.82) is 0 Å². The Morgan fingerprint density at radius 2 is 2.00 bits per heavy atom. The molecular formula is C11H19NO2. The van der Waals surface area contributed by atoms with E-state index in [4.69, 9.17) is 4.74 Å². The lowest BCUT2D eigenvalue weighted by Gasteiger charge is -2.30. The second-order valence-corrected chi connectivity index (χ2v) is 4.45. The first-order valence-corrected chi connectivity index (χ1v) is 5.65. The van der Waals surface area contributed by atoms with Gasteiger partial charge in [0.1, 0.15) is 0 Å². The highest BCUT2D eigenvalue weighted by molar-refractivity contribution is 5.79. The molecule has 0 aromatic rings. The molecule has 2 aliphatic rings. The van der Waals surface area contributed by atoms with Gasteiger partial charge in [0.25, 0.3) is 0 Å². The summed E-state index contributed by atoms with van der Waals surface area (Å²) in [7, 11) is 0. The molecule has 1 heterocycles. The fourth-order valence-corrected chi connectivity index (χ4v) is 2.53. The van der Waals surface area contributed by atoms with E-state index in [0.29, 0.717) is 31.0 Å². The van der Waals surface area contributed by atoms with Crippen LogP contribution in [0.4, 0.5) is 0 Å². The van der Waals surface area contributed by atoms with E-state index in [0.717, 1.165) is 19.5 Å². The summed E-state index contributed by atoms with van der Waals surface area (Å²) in [5.74, 6) is 1.26. The van der Waals surface area contributed by atoms with Crippen LogP contribution in [-0.4, -0.2) is 37.1 Å². The number of nitrogens with zero attached hydrogens (tertiary/aromatic N) is 1. The predicted octanol–water partition coefficient (Wildman–Crippen LogP) is 1.28. The molecule has 2 fully saturated rings. The minimum Gasteiger partial charge on any atom is -0.378 e. The molecule has 0 spiro atoms. The summed E-state index contributed by atoms with van der Waals surface area (Å²) in [6.07, 6.45) is 3.54. The van der Waals surface area contributed by atoms with E-state index in [2.05, 4.69) is 6.92 Å². The van der Waals surface area contributed by atoms with Gasteiger partial charge in [-0.1, -0.05) is 13.3 Å². The molecule has 0 radical (unpaired) electrons. The lowest BCUT2D eigenvalue weighted by molar-refractivity contribution is -0.140. The van der Waals surface area contributed by atoms with Crippen LogP contribution in [0.15, 0.2) is 0 Å². The van der Waals surface area contributed by atoms with Gasteiger partial charge in [0, 0.05) is 19.0 Å². The van der Waals surface area contributed by atoms with E-state index < -0.39 is 0 Å². The Morgan fingerprint density at radius 1 is 1.29 bits per heavy atom. The summed E-state index contributed by atoms with van der Waals surface area (Å²) < 4.78 is 5.25. The highest BCUT2D eigenvalue weighted by Gasteiger charge is 2.33. The van der Waals surface area contributed by atoms with Crippen LogP contribution in [-0.2, 0) is 9.53 Å². The van der Waals surface area contributed by atoms with Crippen molar-refractivity contribution in [2.45, 2.75) is 26.2 Å². The van der Waals surface area contributed by atoms with Crippen molar-refractivity contribution in [2.24, 2.45) is 11.8 Å². The van der Waals surface area contributed by atoms with Gasteiger partial charge in [-0.2, -0.15) is 0 Å². The average Bonchev–Trinajstić information content (AvgIpc) is 2.65. The van der Waals surface area contributed by atoms with Crippen LogP contribution in [0.1, 0.15) is 26.2 Å². The van der Waals surface area contributed by atoms with Crippen molar-refractivity contribution in [3.8, 4) is 0 Å². The molecule has 3 heteroatoms. The maximum atomic E-state index is 12.1. The average molecular weight is 197 g/mol. The molecule has 0 bridgehead atoms. The molecule has 14 heavy (non-hydrogen) atoms. The van der Waals surface area contributed by atoms with E-state index in [-0.39, 0.29) is 0 Å². The minimum absolute atomic E-state index is 0.299. The molecule has 2 unspecified atom stereocenters. The van der Waals surface area contributed by atoms with Crippen molar-refractivity contribution in [3.05, 3.63) is 0 Å². The van der Waals surface area contributed by atoms with Crippen LogP contribution in [0.5, 0.6) is 0 Å². The summed E-state index contributed by atoms with van der Waals surface area (Å²) in [6, 6.07) is 0. The monoisotopic (exact) mass is 197 g/mol. The smallest absolute Gasteiger partial charge is 0.226 e. The fourth-order valence-electron chi connectivity index (χ4n) is 2.53. The molecule has 1 saturated heterocycles. The number of amides is 1. The third-order valence-corrected chi connectivity index (χ3v) is 3.50. The van der Waals surface area contributed by atoms with Gasteiger partial charge < -0.3 is 9.64 Å². The van der Waals surface area contributed by atoms with Gasteiger partial charge in [0.15, 0.2) is 0 Å². The molecule has 0 aromatic carbocycles. The Balaban J connectivity index is 1.92. The number of hydrogen-bond acceptors (Lipinski definition) is 2. The number of ether oxygens (including phenoxy) is 1. The lowest BCUT2D eigenvalue weighted by Crippen LogP contribution is -2.44. The third kappa shape index (κ3) is 1.92. The van der Waals surface area contributed by atoms with E-state index >= 15 is 0 Å². The zero-order valence-corrected chi connectivity index (χ0v) is 8.87. The van der Waals surface area contributed by atoms with Crippen LogP contribution in [0.25, 0.3) is 0 Å². The van der Waals surface area contributed by atoms with Crippen LogP contribution in [0, 0.1) is 11.8 Å². The van der Waals surface area contributed by atoms with E-state index in [1.807, 2.05) is 4.90 Å². The molecule has 0 aromatic heterocycles. The summed E-state index contributed by atoms with van der Waals surface area (Å²) in [6.45, 7) is 5.22. The number of hydrogen-bond donors (Lipinski definition) is 0. The molecule has 80 valence electrons. The number of morpholine rings is 1. The minimum atomic E-state index is 0.299. The molecule has 1 saturated carbocycles. The first-order valence-electron chi connectivity index (χ1n) is 5.65. The van der Waals surface area contributed by atoms with Gasteiger partial charge in [-0.15, -0.1) is 0 Å². The topological polar surface area (TPSA) is 29.5 Å². The first kappa shape index (κ1) is 9.97. The number of rotatable bonds is 1. The standard InChI is InChI=1S/C11H19NO2/c1-9-3-2-4-10(9)11(13)12-5-7-14-8-6-12/h9-10H,2-8H2,1H3. The van der Waals surface area contributed by atoms with Crippen molar-refractivity contribution in [3.63, 3.8) is 0 Å². The molecule has 3 nitrogen and oxygen atoms in total. The number of carbonyl (C=O) groups is 1. The Labute approximate surface area is 85.4 Å². The second kappa shape index (κ2) is 4.30. The Bertz CT molecular complexity index is 211. The van der Waals surface area contributed by atoms with E-state index in [1.165, 1.54) is 12.8 Å². The normalized spacial score (nSPS) is 33.4. The SMILES string of the molecule is CC1CCCC1C(=O)N1CCOCC1. The maximum Gasteiger partial charge on any atom is 0.226 e. The van der Waals surface area contributed by atoms with Gasteiger partial charge in [-0.25, -0.2) is 0 Å². The maximum absolute atomic E-state index is 12.1. The van der Waals surface area contributed by atoms with E-state index in [1.54, 1.807) is 0 Å². The Hall–Kier alpha value is -0.570. The summed E-state index contributed by atoms with van der Waals surface area (Å²) in [4.78, 5) is 14.1. The van der Waals surface area contributed by atoms with Crippen LogP contribution >= 0.6 is 0 Å². The zero-order chi connectivity index (χ0) is 9.97. The highest BCUT2D eigenvalue weighted by atomic mass is 16.5. The van der Waals surface area contributed by atoms with Gasteiger partial charge in [-0.3, -0.25) is 4.79 Å². The van der Waals surface area contributed by atoms with Crippen LogP contribution < -0.4 is 0 Å². The molecule has 1 aliphatic carbocycles. The molecule has 1 aliphatic heterocycles. The summed E-state index contributed by atoms with van der Waals surface area (Å²) in [5.41, 5.74) is 0. The molecule has 0 N–H and O–H groups in total. The zero-order valence-electron chi connectivity index (χ0n) is 8.87. The Morgan fingerprint density at radius 3 is 2.57 bits per heavy atom. The summed E-state index contributed by atoms with van der Waals surface area (Å²) >= 11 is 0. The van der Waals surface area contributed by atoms with Crippen LogP contribution in [0.3, 0.4) is 0 Å². The third-order valence-electron chi connectivity index (χ3n) is 3.50. The molecular weight excluding hydrogens is 178 g/mol. The fraction of sp³-hybridized carbons (Fsp3) is 0.909. The van der Waals surface area contributed by atoms with Gasteiger partial charge in [0.2, 0.25) is 5.91 Å². The second-order valence-electron chi connectivity index (χ2n) is 4.45. The van der Waals surface area contributed by atoms with Crippen molar-refractivity contribution in [2.75, 3.05) is 26.3 Å². The molecule has 2 atom stereocenters. The predicted molar refractivity (Wildman–Crippen MR) is 53.9 cm³/mol. The van der Waals surface area contributed by atoms with Gasteiger partial charge >= 0.3 is 0 Å². The van der Waals surface area contributed by atoms with Gasteiger partial charge in [-0.05, 0) is 18.8 Å². The van der Waals surface area contributed by atoms with Crippen LogP contribution in [0.2, 0.25) is 0 Å². The Kier molecular flexibility index (Phi) is 3.06. The number of carbonyl (C=O) groups excluding carboxylic acids is 1. The largest absolute Gasteiger partial charge is 0.378 e. The first-order chi connectivity index (χ1) is 6.79. The quantitative estimate of drug-likeness (QED) is 0.633. The summed E-state index contributed by atoms with van der Waals surface area (Å²) in [5, 5.41) is 0. The van der Waals surface area contributed by atoms with E-state index in [9.17, 15) is 4.79 Å². The lowest BCUT2D eigenvalue weighted by atomic mass is 9.96. The molecule has 2 rings (SSSR count). The molecule has 1 amide bonds. The van der Waals surface area contributed by atoms with Crippen molar-refractivity contribution >= 4 is 5.91 Å². The highest BCUT2D eigenvalue weighted by Crippen LogP contribution is 2.32. The van der Waals surface area contributed by atoms with Crippen molar-refractivity contribution < 1.29 is 9.53 Å². The van der Waals surface area contributed by atoms with Crippen molar-refractivity contribution in [1.82, 2.24) is 4.90 Å². The van der Waals surface area contributed by atoms with Gasteiger partial charge in [0.05, 0.1) is 13.2 Å².